The molecular formula is C27H32F3N5O3S. The maximum atomic E-state index is 13.5. The number of sulfone groups is 1. The Morgan fingerprint density at radius 2 is 2.03 bits per heavy atom. The van der Waals surface area contributed by atoms with E-state index in [9.17, 15) is 21.6 Å². The Bertz CT molecular complexity index is 1510. The topological polar surface area (TPSA) is 88.0 Å². The number of pyridine rings is 1. The van der Waals surface area contributed by atoms with Gasteiger partial charge in [-0.15, -0.1) is 0 Å². The van der Waals surface area contributed by atoms with Gasteiger partial charge >= 0.3 is 6.18 Å². The molecule has 3 heterocycles. The summed E-state index contributed by atoms with van der Waals surface area (Å²) in [5.41, 5.74) is 1.89. The van der Waals surface area contributed by atoms with E-state index in [-0.39, 0.29) is 28.9 Å². The van der Waals surface area contributed by atoms with Crippen molar-refractivity contribution in [1.82, 2.24) is 19.6 Å². The molecule has 210 valence electrons. The van der Waals surface area contributed by atoms with Gasteiger partial charge in [0.05, 0.1) is 36.4 Å². The first-order chi connectivity index (χ1) is 18.4. The molecule has 2 atom stereocenters. The highest BCUT2D eigenvalue weighted by atomic mass is 32.2. The zero-order valence-electron chi connectivity index (χ0n) is 22.3. The number of imidazole rings is 1. The van der Waals surface area contributed by atoms with Crippen molar-refractivity contribution in [2.75, 3.05) is 45.9 Å². The van der Waals surface area contributed by atoms with Crippen LogP contribution in [0.3, 0.4) is 0 Å². The molecule has 1 aliphatic rings. The second kappa shape index (κ2) is 11.5. The van der Waals surface area contributed by atoms with Crippen LogP contribution in [0.5, 0.6) is 5.75 Å². The number of nitrogens with one attached hydrogen (secondary N) is 2. The summed E-state index contributed by atoms with van der Waals surface area (Å²) in [6, 6.07) is 8.33. The fraction of sp³-hybridized carbons (Fsp3) is 0.444. The SMILES string of the molecule is COc1cc(S(C)(=O)=O)ccc1NCC#Cc1nc2c([C@@H]3CC[C@@H](CN(C)C)N3)cccn2c1CC(F)(F)F. The Morgan fingerprint density at radius 1 is 1.26 bits per heavy atom. The third-order valence-corrected chi connectivity index (χ3v) is 7.63. The molecule has 1 saturated heterocycles. The van der Waals surface area contributed by atoms with Crippen LogP contribution in [0, 0.1) is 11.8 Å². The van der Waals surface area contributed by atoms with Crippen molar-refractivity contribution >= 4 is 21.2 Å². The van der Waals surface area contributed by atoms with E-state index in [1.54, 1.807) is 18.3 Å². The zero-order chi connectivity index (χ0) is 28.4. The van der Waals surface area contributed by atoms with Gasteiger partial charge in [0.25, 0.3) is 0 Å². The Balaban J connectivity index is 1.61. The number of nitrogens with zero attached hydrogens (tertiary/aromatic N) is 3. The van der Waals surface area contributed by atoms with Crippen molar-refractivity contribution in [2.24, 2.45) is 0 Å². The number of benzene rings is 1. The number of halogens is 3. The standard InChI is InChI=1S/C27H32F3N5O3S/c1-34(2)17-18-9-11-21(32-18)20-7-6-14-35-24(16-27(28,29)30)22(33-26(20)35)8-5-13-31-23-12-10-19(39(4,36)37)15-25(23)38-3/h6-7,10,12,14-15,18,21,31-32H,9,11,13,16-17H2,1-4H3/t18-,21-/m0/s1. The summed E-state index contributed by atoms with van der Waals surface area (Å²) in [6.07, 6.45) is -1.06. The number of ether oxygens (including phenoxy) is 1. The van der Waals surface area contributed by atoms with Crippen LogP contribution in [-0.2, 0) is 16.3 Å². The van der Waals surface area contributed by atoms with E-state index in [4.69, 9.17) is 4.74 Å². The van der Waals surface area contributed by atoms with Gasteiger partial charge in [-0.3, -0.25) is 0 Å². The highest BCUT2D eigenvalue weighted by Crippen LogP contribution is 2.32. The minimum Gasteiger partial charge on any atom is -0.495 e. The van der Waals surface area contributed by atoms with Crippen molar-refractivity contribution in [1.29, 1.82) is 0 Å². The van der Waals surface area contributed by atoms with E-state index < -0.39 is 22.4 Å². The first-order valence-corrected chi connectivity index (χ1v) is 14.3. The number of hydrogen-bond acceptors (Lipinski definition) is 7. The molecule has 0 unspecified atom stereocenters. The molecular weight excluding hydrogens is 531 g/mol. The zero-order valence-corrected chi connectivity index (χ0v) is 23.1. The molecule has 8 nitrogen and oxygen atoms in total. The van der Waals surface area contributed by atoms with Crippen molar-refractivity contribution < 1.29 is 26.3 Å². The molecule has 3 aromatic rings. The molecule has 0 aliphatic carbocycles. The number of aromatic nitrogens is 2. The summed E-state index contributed by atoms with van der Waals surface area (Å²) in [4.78, 5) is 6.78. The van der Waals surface area contributed by atoms with E-state index >= 15 is 0 Å². The van der Waals surface area contributed by atoms with Crippen LogP contribution in [0.15, 0.2) is 41.4 Å². The maximum Gasteiger partial charge on any atom is 0.394 e. The van der Waals surface area contributed by atoms with E-state index in [1.165, 1.54) is 23.6 Å². The summed E-state index contributed by atoms with van der Waals surface area (Å²) in [7, 11) is 2.02. The largest absolute Gasteiger partial charge is 0.495 e. The van der Waals surface area contributed by atoms with Crippen LogP contribution < -0.4 is 15.4 Å². The lowest BCUT2D eigenvalue weighted by Gasteiger charge is -2.18. The number of likely N-dealkylation sites (N-methyl/N-ethyl adjacent to an activating group) is 1. The van der Waals surface area contributed by atoms with Crippen LogP contribution >= 0.6 is 0 Å². The van der Waals surface area contributed by atoms with E-state index in [2.05, 4.69) is 32.4 Å². The molecule has 0 saturated carbocycles. The van der Waals surface area contributed by atoms with Crippen LogP contribution in [-0.4, -0.2) is 75.5 Å². The minimum absolute atomic E-state index is 0.00947. The molecule has 39 heavy (non-hydrogen) atoms. The highest BCUT2D eigenvalue weighted by molar-refractivity contribution is 7.90. The summed E-state index contributed by atoms with van der Waals surface area (Å²) < 4.78 is 71.0. The minimum atomic E-state index is -4.43. The molecule has 2 aromatic heterocycles. The van der Waals surface area contributed by atoms with Crippen molar-refractivity contribution in [3.05, 3.63) is 53.5 Å². The molecule has 0 bridgehead atoms. The quantitative estimate of drug-likeness (QED) is 0.405. The predicted molar refractivity (Wildman–Crippen MR) is 144 cm³/mol. The second-order valence-corrected chi connectivity index (χ2v) is 11.9. The maximum absolute atomic E-state index is 13.5. The third kappa shape index (κ3) is 7.03. The van der Waals surface area contributed by atoms with E-state index in [0.29, 0.717) is 23.1 Å². The normalized spacial score (nSPS) is 17.8. The smallest absolute Gasteiger partial charge is 0.394 e. The molecule has 2 N–H and O–H groups in total. The molecule has 0 radical (unpaired) electrons. The Kier molecular flexibility index (Phi) is 8.44. The van der Waals surface area contributed by atoms with Crippen LogP contribution in [0.1, 0.15) is 35.8 Å². The van der Waals surface area contributed by atoms with Gasteiger partial charge < -0.3 is 24.7 Å². The van der Waals surface area contributed by atoms with Crippen LogP contribution in [0.2, 0.25) is 0 Å². The average Bonchev–Trinajstić information content (AvgIpc) is 3.44. The first kappa shape index (κ1) is 28.7. The second-order valence-electron chi connectivity index (χ2n) is 9.90. The van der Waals surface area contributed by atoms with Crippen LogP contribution in [0.4, 0.5) is 18.9 Å². The van der Waals surface area contributed by atoms with Gasteiger partial charge in [0, 0.05) is 42.7 Å². The molecule has 12 heteroatoms. The number of hydrogen-bond donors (Lipinski definition) is 2. The summed E-state index contributed by atoms with van der Waals surface area (Å²) in [6.45, 7) is 0.954. The summed E-state index contributed by atoms with van der Waals surface area (Å²) in [5.74, 6) is 5.98. The monoisotopic (exact) mass is 563 g/mol. The highest BCUT2D eigenvalue weighted by Gasteiger charge is 2.33. The fourth-order valence-electron chi connectivity index (χ4n) is 4.83. The average molecular weight is 564 g/mol. The van der Waals surface area contributed by atoms with Gasteiger partial charge in [-0.25, -0.2) is 13.4 Å². The van der Waals surface area contributed by atoms with Gasteiger partial charge in [-0.2, -0.15) is 13.2 Å². The lowest BCUT2D eigenvalue weighted by atomic mass is 10.1. The lowest BCUT2D eigenvalue weighted by Crippen LogP contribution is -2.34. The van der Waals surface area contributed by atoms with E-state index in [1.807, 2.05) is 20.2 Å². The Labute approximate surface area is 226 Å². The van der Waals surface area contributed by atoms with Gasteiger partial charge in [0.2, 0.25) is 0 Å². The summed E-state index contributed by atoms with van der Waals surface area (Å²) >= 11 is 0. The van der Waals surface area contributed by atoms with Crippen molar-refractivity contribution in [3.8, 4) is 17.6 Å². The lowest BCUT2D eigenvalue weighted by molar-refractivity contribution is -0.128. The van der Waals surface area contributed by atoms with E-state index in [0.717, 1.165) is 31.2 Å². The number of anilines is 1. The Morgan fingerprint density at radius 3 is 2.69 bits per heavy atom. The van der Waals surface area contributed by atoms with Crippen molar-refractivity contribution in [3.63, 3.8) is 0 Å². The van der Waals surface area contributed by atoms with Gasteiger partial charge in [0.1, 0.15) is 17.1 Å². The molecule has 4 rings (SSSR count). The first-order valence-electron chi connectivity index (χ1n) is 12.4. The van der Waals surface area contributed by atoms with Gasteiger partial charge in [0.15, 0.2) is 9.84 Å². The predicted octanol–water partition coefficient (Wildman–Crippen LogP) is 3.67. The fourth-order valence-corrected chi connectivity index (χ4v) is 5.47. The number of alkyl halides is 3. The summed E-state index contributed by atoms with van der Waals surface area (Å²) in [5, 5.41) is 6.62. The Hall–Kier alpha value is -3.27. The van der Waals surface area contributed by atoms with Crippen molar-refractivity contribution in [2.45, 2.75) is 42.4 Å². The van der Waals surface area contributed by atoms with Gasteiger partial charge in [-0.05, 0) is 51.1 Å². The van der Waals surface area contributed by atoms with Gasteiger partial charge in [-0.1, -0.05) is 12.0 Å². The molecule has 1 fully saturated rings. The van der Waals surface area contributed by atoms with Crippen LogP contribution in [0.25, 0.3) is 5.65 Å². The molecule has 1 aliphatic heterocycles. The number of fused-ring (bicyclic) bond motifs is 1. The molecule has 1 aromatic carbocycles. The number of rotatable bonds is 8. The molecule has 0 spiro atoms. The molecule has 0 amide bonds. The number of methoxy groups -OCH3 is 1. The third-order valence-electron chi connectivity index (χ3n) is 6.52.